The van der Waals surface area contributed by atoms with Crippen LogP contribution in [0.3, 0.4) is 0 Å². The van der Waals surface area contributed by atoms with Crippen molar-refractivity contribution in [1.29, 1.82) is 0 Å². The molecule has 1 spiro atoms. The molecule has 0 radical (unpaired) electrons. The zero-order valence-electron chi connectivity index (χ0n) is 16.0. The van der Waals surface area contributed by atoms with Crippen molar-refractivity contribution in [3.05, 3.63) is 17.5 Å². The molecule has 0 amide bonds. The monoisotopic (exact) mass is 403 g/mol. The summed E-state index contributed by atoms with van der Waals surface area (Å²) in [4.78, 5) is 2.52. The van der Waals surface area contributed by atoms with Crippen LogP contribution in [0.15, 0.2) is 6.07 Å². The minimum Gasteiger partial charge on any atom is -0.616 e. The van der Waals surface area contributed by atoms with Crippen molar-refractivity contribution in [2.45, 2.75) is 70.1 Å². The molecule has 152 valence electrons. The molecule has 4 rings (SSSR count). The third kappa shape index (κ3) is 3.77. The van der Waals surface area contributed by atoms with Crippen molar-refractivity contribution in [3.8, 4) is 0 Å². The summed E-state index contributed by atoms with van der Waals surface area (Å²) in [6.45, 7) is 5.81. The second-order valence-electron chi connectivity index (χ2n) is 8.96. The number of hydrogen-bond acceptors (Lipinski definition) is 3. The van der Waals surface area contributed by atoms with Gasteiger partial charge in [-0.15, -0.1) is 0 Å². The Balaban J connectivity index is 1.49. The standard InChI is InChI=1S/C19H28F3N3OS/c1-13(2)25-16(9-17(23-25)19(20,21)22)14-4-3-5-15(8-14)24-7-6-18(10-24)11-27(26)12-18/h9,13-15H,3-8,10-12H2,1-2H3. The van der Waals surface area contributed by atoms with Gasteiger partial charge in [0.1, 0.15) is 11.5 Å². The van der Waals surface area contributed by atoms with Gasteiger partial charge in [0.25, 0.3) is 0 Å². The number of halogens is 3. The van der Waals surface area contributed by atoms with Crippen LogP contribution in [-0.4, -0.2) is 49.9 Å². The fraction of sp³-hybridized carbons (Fsp3) is 0.842. The van der Waals surface area contributed by atoms with E-state index in [-0.39, 0.29) is 17.4 Å². The summed E-state index contributed by atoms with van der Waals surface area (Å²) in [5.41, 5.74) is 0.215. The average molecular weight is 404 g/mol. The van der Waals surface area contributed by atoms with Crippen LogP contribution in [0.2, 0.25) is 0 Å². The first-order valence-corrected chi connectivity index (χ1v) is 11.4. The van der Waals surface area contributed by atoms with Gasteiger partial charge in [-0.2, -0.15) is 18.3 Å². The maximum Gasteiger partial charge on any atom is 0.435 e. The third-order valence-corrected chi connectivity index (χ3v) is 8.40. The molecular weight excluding hydrogens is 375 g/mol. The number of hydrogen-bond donors (Lipinski definition) is 0. The summed E-state index contributed by atoms with van der Waals surface area (Å²) in [7, 11) is 0. The molecule has 0 bridgehead atoms. The maximum atomic E-state index is 13.2. The number of nitrogens with zero attached hydrogens (tertiary/aromatic N) is 3. The Morgan fingerprint density at radius 2 is 2.04 bits per heavy atom. The summed E-state index contributed by atoms with van der Waals surface area (Å²) in [6, 6.07) is 1.60. The van der Waals surface area contributed by atoms with Crippen molar-refractivity contribution in [1.82, 2.24) is 14.7 Å². The second kappa shape index (κ2) is 6.95. The lowest BCUT2D eigenvalue weighted by Crippen LogP contribution is -2.51. The lowest BCUT2D eigenvalue weighted by atomic mass is 9.82. The topological polar surface area (TPSA) is 44.1 Å². The van der Waals surface area contributed by atoms with Gasteiger partial charge in [-0.25, -0.2) is 0 Å². The lowest BCUT2D eigenvalue weighted by molar-refractivity contribution is -0.141. The predicted octanol–water partition coefficient (Wildman–Crippen LogP) is 3.96. The van der Waals surface area contributed by atoms with Crippen molar-refractivity contribution in [2.75, 3.05) is 24.6 Å². The molecule has 3 aliphatic rings. The molecule has 1 aromatic heterocycles. The summed E-state index contributed by atoms with van der Waals surface area (Å²) >= 11 is -0.637. The molecule has 27 heavy (non-hydrogen) atoms. The molecule has 0 aromatic carbocycles. The minimum atomic E-state index is -4.40. The van der Waals surface area contributed by atoms with E-state index < -0.39 is 23.0 Å². The van der Waals surface area contributed by atoms with Gasteiger partial charge in [0.2, 0.25) is 0 Å². The average Bonchev–Trinajstić information content (AvgIpc) is 3.19. The molecule has 1 aromatic rings. The highest BCUT2D eigenvalue weighted by Crippen LogP contribution is 2.45. The van der Waals surface area contributed by atoms with Crippen LogP contribution in [0, 0.1) is 5.41 Å². The van der Waals surface area contributed by atoms with E-state index >= 15 is 0 Å². The van der Waals surface area contributed by atoms with Crippen LogP contribution in [0.1, 0.15) is 69.3 Å². The summed E-state index contributed by atoms with van der Waals surface area (Å²) in [6.07, 6.45) is 0.684. The van der Waals surface area contributed by atoms with Gasteiger partial charge in [-0.05, 0) is 52.1 Å². The van der Waals surface area contributed by atoms with Crippen LogP contribution >= 0.6 is 0 Å². The SMILES string of the molecule is CC(C)n1nc(C(F)(F)F)cc1C1CCCC(N2CCC3(C2)C[S+]([O-])C3)C1. The number of alkyl halides is 3. The molecular formula is C19H28F3N3OS. The van der Waals surface area contributed by atoms with E-state index in [0.717, 1.165) is 62.4 Å². The van der Waals surface area contributed by atoms with E-state index in [1.54, 1.807) is 4.68 Å². The van der Waals surface area contributed by atoms with Crippen LogP contribution in [-0.2, 0) is 17.4 Å². The number of likely N-dealkylation sites (tertiary alicyclic amines) is 1. The normalized spacial score (nSPS) is 35.1. The summed E-state index contributed by atoms with van der Waals surface area (Å²) < 4.78 is 52.7. The largest absolute Gasteiger partial charge is 0.616 e. The molecule has 2 atom stereocenters. The van der Waals surface area contributed by atoms with E-state index in [1.165, 1.54) is 6.07 Å². The Morgan fingerprint density at radius 1 is 1.30 bits per heavy atom. The number of aromatic nitrogens is 2. The van der Waals surface area contributed by atoms with Gasteiger partial charge in [-0.1, -0.05) is 17.6 Å². The van der Waals surface area contributed by atoms with E-state index in [1.807, 2.05) is 13.8 Å². The van der Waals surface area contributed by atoms with Crippen molar-refractivity contribution >= 4 is 11.2 Å². The Hall–Kier alpha value is -0.730. The van der Waals surface area contributed by atoms with Gasteiger partial charge in [0, 0.05) is 30.2 Å². The fourth-order valence-electron chi connectivity index (χ4n) is 5.19. The lowest BCUT2D eigenvalue weighted by Gasteiger charge is -2.41. The van der Waals surface area contributed by atoms with E-state index in [4.69, 9.17) is 0 Å². The first-order chi connectivity index (χ1) is 12.7. The third-order valence-electron chi connectivity index (χ3n) is 6.53. The van der Waals surface area contributed by atoms with Gasteiger partial charge >= 0.3 is 6.18 Å². The van der Waals surface area contributed by atoms with E-state index in [2.05, 4.69) is 10.00 Å². The Morgan fingerprint density at radius 3 is 2.67 bits per heavy atom. The van der Waals surface area contributed by atoms with Gasteiger partial charge in [-0.3, -0.25) is 9.58 Å². The molecule has 1 saturated carbocycles. The predicted molar refractivity (Wildman–Crippen MR) is 99.1 cm³/mol. The minimum absolute atomic E-state index is 0.0866. The molecule has 2 aliphatic heterocycles. The van der Waals surface area contributed by atoms with E-state index in [0.29, 0.717) is 6.04 Å². The smallest absolute Gasteiger partial charge is 0.435 e. The molecule has 2 unspecified atom stereocenters. The zero-order valence-corrected chi connectivity index (χ0v) is 16.8. The number of rotatable bonds is 3. The Kier molecular flexibility index (Phi) is 5.04. The van der Waals surface area contributed by atoms with Crippen LogP contribution in [0.4, 0.5) is 13.2 Å². The van der Waals surface area contributed by atoms with Crippen molar-refractivity contribution in [2.24, 2.45) is 5.41 Å². The van der Waals surface area contributed by atoms with Crippen LogP contribution < -0.4 is 0 Å². The Labute approximate surface area is 161 Å². The first-order valence-electron chi connectivity index (χ1n) is 9.92. The molecule has 4 nitrogen and oxygen atoms in total. The Bertz CT molecular complexity index is 684. The highest BCUT2D eigenvalue weighted by molar-refractivity contribution is 7.92. The molecule has 2 saturated heterocycles. The first kappa shape index (κ1) is 19.6. The van der Waals surface area contributed by atoms with Crippen molar-refractivity contribution in [3.63, 3.8) is 0 Å². The molecule has 0 N–H and O–H groups in total. The van der Waals surface area contributed by atoms with Crippen molar-refractivity contribution < 1.29 is 17.7 Å². The van der Waals surface area contributed by atoms with Crippen LogP contribution in [0.25, 0.3) is 0 Å². The maximum absolute atomic E-state index is 13.2. The molecule has 3 heterocycles. The second-order valence-corrected chi connectivity index (χ2v) is 10.4. The van der Waals surface area contributed by atoms with E-state index in [9.17, 15) is 17.7 Å². The molecule has 3 fully saturated rings. The van der Waals surface area contributed by atoms with Crippen LogP contribution in [0.5, 0.6) is 0 Å². The summed E-state index contributed by atoms with van der Waals surface area (Å²) in [5, 5.41) is 3.88. The zero-order chi connectivity index (χ0) is 19.4. The van der Waals surface area contributed by atoms with Gasteiger partial charge in [0.15, 0.2) is 5.69 Å². The molecule has 8 heteroatoms. The highest BCUT2D eigenvalue weighted by atomic mass is 32.2. The summed E-state index contributed by atoms with van der Waals surface area (Å²) in [5.74, 6) is 1.78. The fourth-order valence-corrected chi connectivity index (χ4v) is 6.94. The quantitative estimate of drug-likeness (QED) is 0.718. The van der Waals surface area contributed by atoms with Gasteiger partial charge < -0.3 is 4.55 Å². The highest BCUT2D eigenvalue weighted by Gasteiger charge is 2.53. The van der Waals surface area contributed by atoms with Gasteiger partial charge in [0.05, 0.1) is 5.41 Å². The molecule has 1 aliphatic carbocycles.